The quantitative estimate of drug-likeness (QED) is 0.155. The van der Waals surface area contributed by atoms with Crippen molar-refractivity contribution in [3.05, 3.63) is 10.4 Å². The van der Waals surface area contributed by atoms with Gasteiger partial charge in [0.2, 0.25) is 0 Å². The molecule has 1 aliphatic heterocycles. The van der Waals surface area contributed by atoms with Gasteiger partial charge in [-0.3, -0.25) is 5.43 Å². The number of hydrogen-bond acceptors (Lipinski definition) is 6. The Morgan fingerprint density at radius 3 is 2.53 bits per heavy atom. The minimum absolute atomic E-state index is 0.538. The van der Waals surface area contributed by atoms with Gasteiger partial charge in [0.1, 0.15) is 18.3 Å². The van der Waals surface area contributed by atoms with Crippen molar-refractivity contribution in [2.24, 2.45) is 5.22 Å². The van der Waals surface area contributed by atoms with E-state index in [0.29, 0.717) is 0 Å². The van der Waals surface area contributed by atoms with E-state index in [1.807, 2.05) is 0 Å². The molecule has 0 saturated carbocycles. The van der Waals surface area contributed by atoms with Crippen LogP contribution in [0.1, 0.15) is 0 Å². The molecule has 15 heavy (non-hydrogen) atoms. The summed E-state index contributed by atoms with van der Waals surface area (Å²) in [5, 5.41) is 39.9. The summed E-state index contributed by atoms with van der Waals surface area (Å²) in [5.41, 5.74) is 10.1. The number of ether oxygens (including phenoxy) is 1. The van der Waals surface area contributed by atoms with Gasteiger partial charge in [0.25, 0.3) is 0 Å². The average molecular weight is 220 g/mol. The van der Waals surface area contributed by atoms with Crippen LogP contribution in [0, 0.1) is 0 Å². The van der Waals surface area contributed by atoms with Crippen LogP contribution >= 0.6 is 0 Å². The first-order valence-corrected chi connectivity index (χ1v) is 4.22. The highest BCUT2D eigenvalue weighted by Crippen LogP contribution is 2.19. The lowest BCUT2D eigenvalue weighted by Crippen LogP contribution is -2.62. The van der Waals surface area contributed by atoms with Gasteiger partial charge in [0, 0.05) is 0 Å². The summed E-state index contributed by atoms with van der Waals surface area (Å²) in [5.74, 6) is 0. The molecule has 5 atom stereocenters. The number of hydrogen-bond donors (Lipinski definition) is 5. The third-order valence-corrected chi connectivity index (χ3v) is 2.15. The van der Waals surface area contributed by atoms with Gasteiger partial charge >= 0.3 is 0 Å². The molecular weight excluding hydrogens is 208 g/mol. The molecule has 1 fully saturated rings. The molecule has 0 aromatic rings. The van der Waals surface area contributed by atoms with Gasteiger partial charge in [-0.15, -0.1) is 5.53 Å². The highest BCUT2D eigenvalue weighted by molar-refractivity contribution is 4.91. The van der Waals surface area contributed by atoms with Crippen molar-refractivity contribution in [3.8, 4) is 0 Å². The van der Waals surface area contributed by atoms with Crippen LogP contribution < -0.4 is 5.43 Å². The smallest absolute Gasteiger partial charge is 0.199 e. The van der Waals surface area contributed by atoms with E-state index in [1.165, 1.54) is 0 Å². The number of nitrogens with one attached hydrogen (secondary N) is 1. The van der Waals surface area contributed by atoms with E-state index in [4.69, 9.17) is 15.4 Å². The summed E-state index contributed by atoms with van der Waals surface area (Å²) >= 11 is 0. The minimum Gasteiger partial charge on any atom is -0.394 e. The van der Waals surface area contributed by atoms with Crippen LogP contribution in [0.3, 0.4) is 0 Å². The van der Waals surface area contributed by atoms with Crippen LogP contribution in [-0.4, -0.2) is 57.7 Å². The molecule has 9 heteroatoms. The molecule has 0 aromatic carbocycles. The van der Waals surface area contributed by atoms with Gasteiger partial charge in [-0.2, -0.15) is 4.91 Å². The number of nitrogens with zero attached hydrogens (tertiary/aromatic N) is 3. The molecular formula is C6H12N4O5. The Morgan fingerprint density at radius 1 is 1.33 bits per heavy atom. The van der Waals surface area contributed by atoms with Crippen LogP contribution in [0.15, 0.2) is 5.22 Å². The Balaban J connectivity index is 2.69. The second kappa shape index (κ2) is 5.12. The zero-order valence-corrected chi connectivity index (χ0v) is 7.63. The van der Waals surface area contributed by atoms with E-state index in [-0.39, 0.29) is 0 Å². The van der Waals surface area contributed by atoms with Gasteiger partial charge < -0.3 is 25.2 Å². The predicted octanol–water partition coefficient (Wildman–Crippen LogP) is -2.40. The Labute approximate surface area is 84.5 Å². The third-order valence-electron chi connectivity index (χ3n) is 2.15. The lowest BCUT2D eigenvalue weighted by atomic mass is 9.98. The zero-order valence-electron chi connectivity index (χ0n) is 7.63. The standard InChI is InChI=1S/C6H12N4O5/c7-9-10-8-3-5(13)4(12)2(1-11)15-6(3)14/h2-6,8,11-14H,1H2/t2-,3+,4-,5-,6?/m1/s1. The highest BCUT2D eigenvalue weighted by Gasteiger charge is 2.45. The summed E-state index contributed by atoms with van der Waals surface area (Å²) < 4.78 is 4.78. The Kier molecular flexibility index (Phi) is 4.09. The zero-order chi connectivity index (χ0) is 11.4. The molecule has 0 amide bonds. The fourth-order valence-electron chi connectivity index (χ4n) is 1.33. The van der Waals surface area contributed by atoms with Gasteiger partial charge in [-0.25, -0.2) is 0 Å². The first kappa shape index (κ1) is 12.0. The summed E-state index contributed by atoms with van der Waals surface area (Å²) in [6, 6.07) is -1.14. The summed E-state index contributed by atoms with van der Waals surface area (Å²) in [4.78, 5) is 2.37. The van der Waals surface area contributed by atoms with Gasteiger partial charge in [0.05, 0.1) is 6.61 Å². The van der Waals surface area contributed by atoms with Crippen molar-refractivity contribution < 1.29 is 25.2 Å². The molecule has 86 valence electrons. The molecule has 0 aliphatic carbocycles. The van der Waals surface area contributed by atoms with Crippen molar-refractivity contribution in [1.29, 1.82) is 0 Å². The van der Waals surface area contributed by atoms with Gasteiger partial charge in [0.15, 0.2) is 12.3 Å². The Bertz CT molecular complexity index is 258. The molecule has 5 N–H and O–H groups in total. The maximum atomic E-state index is 9.49. The monoisotopic (exact) mass is 220 g/mol. The summed E-state index contributed by atoms with van der Waals surface area (Å²) in [7, 11) is 0. The predicted molar refractivity (Wildman–Crippen MR) is 46.0 cm³/mol. The van der Waals surface area contributed by atoms with Crippen molar-refractivity contribution in [2.75, 3.05) is 6.61 Å². The average Bonchev–Trinajstić information content (AvgIpc) is 2.23. The SMILES string of the molecule is [N-]=[N+]=NN[C@@H]1C(O)O[C@H](CO)[C@@H](O)[C@@H]1O. The molecule has 1 aliphatic rings. The third kappa shape index (κ3) is 2.48. The first-order valence-electron chi connectivity index (χ1n) is 4.22. The first-order chi connectivity index (χ1) is 7.11. The van der Waals surface area contributed by atoms with Crippen molar-refractivity contribution in [2.45, 2.75) is 30.6 Å². The van der Waals surface area contributed by atoms with E-state index >= 15 is 0 Å². The molecule has 0 aromatic heterocycles. The Hall–Kier alpha value is -1.09. The largest absolute Gasteiger partial charge is 0.394 e. The lowest BCUT2D eigenvalue weighted by molar-refractivity contribution is -0.254. The Morgan fingerprint density at radius 2 is 2.00 bits per heavy atom. The maximum Gasteiger partial charge on any atom is 0.199 e. The normalized spacial score (nSPS) is 40.7. The van der Waals surface area contributed by atoms with Crippen molar-refractivity contribution >= 4 is 0 Å². The molecule has 1 saturated heterocycles. The van der Waals surface area contributed by atoms with Crippen LogP contribution in [-0.2, 0) is 4.74 Å². The van der Waals surface area contributed by atoms with Crippen LogP contribution in [0.25, 0.3) is 10.4 Å². The van der Waals surface area contributed by atoms with E-state index in [2.05, 4.69) is 15.6 Å². The summed E-state index contributed by atoms with van der Waals surface area (Å²) in [6.45, 7) is -0.538. The lowest BCUT2D eigenvalue weighted by Gasteiger charge is -2.37. The molecule has 1 unspecified atom stereocenters. The fourth-order valence-corrected chi connectivity index (χ4v) is 1.33. The van der Waals surface area contributed by atoms with Crippen LogP contribution in [0.5, 0.6) is 0 Å². The number of rotatable bonds is 3. The number of azide groups is 1. The fraction of sp³-hybridized carbons (Fsp3) is 1.00. The molecule has 1 rings (SSSR count). The van der Waals surface area contributed by atoms with E-state index < -0.39 is 37.3 Å². The molecule has 0 spiro atoms. The summed E-state index contributed by atoms with van der Waals surface area (Å²) in [6.07, 6.45) is -5.33. The topological polar surface area (TPSA) is 151 Å². The number of aliphatic hydroxyl groups is 4. The minimum atomic E-state index is -1.48. The van der Waals surface area contributed by atoms with E-state index in [1.54, 1.807) is 0 Å². The van der Waals surface area contributed by atoms with E-state index in [9.17, 15) is 15.3 Å². The van der Waals surface area contributed by atoms with Crippen molar-refractivity contribution in [1.82, 2.24) is 5.43 Å². The van der Waals surface area contributed by atoms with Crippen LogP contribution in [0.4, 0.5) is 0 Å². The van der Waals surface area contributed by atoms with Crippen molar-refractivity contribution in [3.63, 3.8) is 0 Å². The van der Waals surface area contributed by atoms with E-state index in [0.717, 1.165) is 0 Å². The molecule has 0 radical (unpaired) electrons. The number of aliphatic hydroxyl groups excluding tert-OH is 4. The van der Waals surface area contributed by atoms with Crippen LogP contribution in [0.2, 0.25) is 0 Å². The van der Waals surface area contributed by atoms with Gasteiger partial charge in [-0.05, 0) is 5.22 Å². The molecule has 9 nitrogen and oxygen atoms in total. The second-order valence-electron chi connectivity index (χ2n) is 3.07. The molecule has 0 bridgehead atoms. The maximum absolute atomic E-state index is 9.49. The second-order valence-corrected chi connectivity index (χ2v) is 3.07. The molecule has 1 heterocycles. The highest BCUT2D eigenvalue weighted by atomic mass is 16.6. The van der Waals surface area contributed by atoms with Gasteiger partial charge in [-0.1, -0.05) is 0 Å².